The fourth-order valence-electron chi connectivity index (χ4n) is 2.63. The minimum Gasteiger partial charge on any atom is -0.506 e. The van der Waals surface area contributed by atoms with Crippen molar-refractivity contribution in [2.75, 3.05) is 26.2 Å². The Hall–Kier alpha value is -0.520. The van der Waals surface area contributed by atoms with E-state index in [1.54, 1.807) is 6.07 Å². The highest BCUT2D eigenvalue weighted by Crippen LogP contribution is 2.38. The number of hydrogen-bond acceptors (Lipinski definition) is 3. The SMILES string of the molecule is C=CCC[C@@H](c1ccc(F)c(Cl)c1O)N1CCNCC1.Cl.Cl. The van der Waals surface area contributed by atoms with Crippen molar-refractivity contribution in [3.63, 3.8) is 0 Å². The first-order chi connectivity index (χ1) is 9.65. The molecule has 7 heteroatoms. The van der Waals surface area contributed by atoms with Crippen molar-refractivity contribution < 1.29 is 9.50 Å². The Labute approximate surface area is 148 Å². The van der Waals surface area contributed by atoms with Crippen LogP contribution in [0.2, 0.25) is 5.02 Å². The highest BCUT2D eigenvalue weighted by Gasteiger charge is 2.25. The van der Waals surface area contributed by atoms with Gasteiger partial charge in [0.05, 0.1) is 0 Å². The summed E-state index contributed by atoms with van der Waals surface area (Å²) in [5.41, 5.74) is 0.695. The van der Waals surface area contributed by atoms with Gasteiger partial charge < -0.3 is 10.4 Å². The molecule has 1 saturated heterocycles. The van der Waals surface area contributed by atoms with E-state index in [1.165, 1.54) is 6.07 Å². The minimum absolute atomic E-state index is 0. The zero-order chi connectivity index (χ0) is 14.5. The topological polar surface area (TPSA) is 35.5 Å². The van der Waals surface area contributed by atoms with Crippen LogP contribution < -0.4 is 5.32 Å². The summed E-state index contributed by atoms with van der Waals surface area (Å²) in [6.07, 6.45) is 3.53. The van der Waals surface area contributed by atoms with Gasteiger partial charge in [-0.1, -0.05) is 23.7 Å². The number of piperazine rings is 1. The number of benzene rings is 1. The molecule has 0 amide bonds. The van der Waals surface area contributed by atoms with Crippen LogP contribution in [0.3, 0.4) is 0 Å². The Morgan fingerprint density at radius 2 is 2.00 bits per heavy atom. The summed E-state index contributed by atoms with van der Waals surface area (Å²) in [5, 5.41) is 13.2. The van der Waals surface area contributed by atoms with Crippen LogP contribution in [0.4, 0.5) is 4.39 Å². The maximum Gasteiger partial charge on any atom is 0.145 e. The van der Waals surface area contributed by atoms with Crippen molar-refractivity contribution in [2.45, 2.75) is 18.9 Å². The van der Waals surface area contributed by atoms with Crippen LogP contribution in [0, 0.1) is 5.82 Å². The molecular weight excluding hydrogens is 350 g/mol. The van der Waals surface area contributed by atoms with Crippen LogP contribution in [-0.2, 0) is 0 Å². The molecule has 1 aromatic carbocycles. The molecule has 126 valence electrons. The van der Waals surface area contributed by atoms with E-state index in [0.717, 1.165) is 39.0 Å². The molecule has 0 aliphatic carbocycles. The standard InChI is InChI=1S/C15H20ClFN2O.2ClH/c1-2-3-4-13(19-9-7-18-8-10-19)11-5-6-12(17)14(16)15(11)20;;/h2,5-6,13,18,20H,1,3-4,7-10H2;2*1H/t13-;;/m0../s1. The molecule has 2 N–H and O–H groups in total. The third-order valence-electron chi connectivity index (χ3n) is 3.70. The number of phenolic OH excluding ortho intramolecular Hbond substituents is 1. The lowest BCUT2D eigenvalue weighted by Gasteiger charge is -2.35. The van der Waals surface area contributed by atoms with E-state index >= 15 is 0 Å². The van der Waals surface area contributed by atoms with Gasteiger partial charge in [-0.25, -0.2) is 4.39 Å². The second-order valence-corrected chi connectivity index (χ2v) is 5.34. The average Bonchev–Trinajstić information content (AvgIpc) is 2.48. The van der Waals surface area contributed by atoms with Crippen molar-refractivity contribution >= 4 is 36.4 Å². The van der Waals surface area contributed by atoms with E-state index in [-0.39, 0.29) is 41.6 Å². The zero-order valence-electron chi connectivity index (χ0n) is 12.2. The van der Waals surface area contributed by atoms with Crippen LogP contribution in [0.1, 0.15) is 24.4 Å². The molecule has 1 atom stereocenters. The van der Waals surface area contributed by atoms with E-state index < -0.39 is 5.82 Å². The van der Waals surface area contributed by atoms with Gasteiger partial charge in [0.25, 0.3) is 0 Å². The summed E-state index contributed by atoms with van der Waals surface area (Å²) in [6, 6.07) is 2.99. The summed E-state index contributed by atoms with van der Waals surface area (Å²) < 4.78 is 13.4. The molecule has 0 spiro atoms. The summed E-state index contributed by atoms with van der Waals surface area (Å²) in [5.74, 6) is -0.727. The molecule has 0 aromatic heterocycles. The Kier molecular flexibility index (Phi) is 10.0. The Morgan fingerprint density at radius 3 is 2.59 bits per heavy atom. The summed E-state index contributed by atoms with van der Waals surface area (Å²) >= 11 is 5.82. The molecule has 1 fully saturated rings. The van der Waals surface area contributed by atoms with E-state index in [2.05, 4.69) is 16.8 Å². The normalized spacial score (nSPS) is 16.3. The first-order valence-corrected chi connectivity index (χ1v) is 7.25. The minimum atomic E-state index is -0.587. The Balaban J connectivity index is 0.00000220. The van der Waals surface area contributed by atoms with Crippen molar-refractivity contribution in [1.82, 2.24) is 10.2 Å². The van der Waals surface area contributed by atoms with Gasteiger partial charge in [0.1, 0.15) is 16.6 Å². The largest absolute Gasteiger partial charge is 0.506 e. The van der Waals surface area contributed by atoms with Crippen LogP contribution in [-0.4, -0.2) is 36.2 Å². The maximum atomic E-state index is 13.4. The lowest BCUT2D eigenvalue weighted by atomic mass is 9.98. The summed E-state index contributed by atoms with van der Waals surface area (Å²) in [4.78, 5) is 2.29. The lowest BCUT2D eigenvalue weighted by molar-refractivity contribution is 0.163. The highest BCUT2D eigenvalue weighted by molar-refractivity contribution is 6.32. The number of allylic oxidation sites excluding steroid dienone is 1. The van der Waals surface area contributed by atoms with Crippen LogP contribution in [0.15, 0.2) is 24.8 Å². The van der Waals surface area contributed by atoms with E-state index in [9.17, 15) is 9.50 Å². The number of halogens is 4. The smallest absolute Gasteiger partial charge is 0.145 e. The lowest BCUT2D eigenvalue weighted by Crippen LogP contribution is -2.45. The van der Waals surface area contributed by atoms with E-state index in [1.807, 2.05) is 6.08 Å². The van der Waals surface area contributed by atoms with Gasteiger partial charge >= 0.3 is 0 Å². The van der Waals surface area contributed by atoms with E-state index in [0.29, 0.717) is 5.56 Å². The summed E-state index contributed by atoms with van der Waals surface area (Å²) in [6.45, 7) is 7.38. The highest BCUT2D eigenvalue weighted by atomic mass is 35.5. The van der Waals surface area contributed by atoms with Gasteiger partial charge in [0.2, 0.25) is 0 Å². The molecule has 3 nitrogen and oxygen atoms in total. The predicted molar refractivity (Wildman–Crippen MR) is 94.2 cm³/mol. The van der Waals surface area contributed by atoms with Crippen molar-refractivity contribution in [1.29, 1.82) is 0 Å². The van der Waals surface area contributed by atoms with Crippen molar-refractivity contribution in [3.8, 4) is 5.75 Å². The van der Waals surface area contributed by atoms with Crippen molar-refractivity contribution in [3.05, 3.63) is 41.2 Å². The van der Waals surface area contributed by atoms with Crippen LogP contribution in [0.25, 0.3) is 0 Å². The number of hydrogen-bond donors (Lipinski definition) is 2. The van der Waals surface area contributed by atoms with Gasteiger partial charge in [-0.15, -0.1) is 31.4 Å². The molecule has 1 aliphatic heterocycles. The third kappa shape index (κ3) is 5.00. The second-order valence-electron chi connectivity index (χ2n) is 4.97. The first kappa shape index (κ1) is 21.5. The quantitative estimate of drug-likeness (QED) is 0.770. The molecule has 1 aliphatic rings. The van der Waals surface area contributed by atoms with E-state index in [4.69, 9.17) is 11.6 Å². The van der Waals surface area contributed by atoms with Crippen LogP contribution in [0.5, 0.6) is 5.75 Å². The zero-order valence-corrected chi connectivity index (χ0v) is 14.6. The number of nitrogens with one attached hydrogen (secondary N) is 1. The first-order valence-electron chi connectivity index (χ1n) is 6.87. The third-order valence-corrected chi connectivity index (χ3v) is 4.06. The second kappa shape index (κ2) is 10.3. The average molecular weight is 372 g/mol. The maximum absolute atomic E-state index is 13.4. The molecule has 0 bridgehead atoms. The molecule has 1 heterocycles. The van der Waals surface area contributed by atoms with Gasteiger partial charge in [-0.2, -0.15) is 0 Å². The molecule has 0 radical (unpaired) electrons. The molecule has 2 rings (SSSR count). The van der Waals surface area contributed by atoms with Gasteiger partial charge in [0, 0.05) is 37.8 Å². The molecular formula is C15H22Cl3FN2O. The predicted octanol–water partition coefficient (Wildman–Crippen LogP) is 3.94. The molecule has 0 saturated carbocycles. The molecule has 22 heavy (non-hydrogen) atoms. The summed E-state index contributed by atoms with van der Waals surface area (Å²) in [7, 11) is 0. The number of nitrogens with zero attached hydrogens (tertiary/aromatic N) is 1. The Bertz CT molecular complexity index is 482. The molecule has 1 aromatic rings. The molecule has 0 unspecified atom stereocenters. The number of aromatic hydroxyl groups is 1. The van der Waals surface area contributed by atoms with Crippen LogP contribution >= 0.6 is 36.4 Å². The fraction of sp³-hybridized carbons (Fsp3) is 0.467. The number of rotatable bonds is 5. The van der Waals surface area contributed by atoms with Gasteiger partial charge in [-0.3, -0.25) is 4.90 Å². The van der Waals surface area contributed by atoms with Gasteiger partial charge in [-0.05, 0) is 18.9 Å². The van der Waals surface area contributed by atoms with Crippen molar-refractivity contribution in [2.24, 2.45) is 0 Å². The number of phenols is 1. The van der Waals surface area contributed by atoms with Gasteiger partial charge in [0.15, 0.2) is 0 Å². The monoisotopic (exact) mass is 370 g/mol. The fourth-order valence-corrected chi connectivity index (χ4v) is 2.80. The Morgan fingerprint density at radius 1 is 1.36 bits per heavy atom.